The third-order valence-corrected chi connectivity index (χ3v) is 4.35. The quantitative estimate of drug-likeness (QED) is 0.633. The Balaban J connectivity index is 0.00000192. The molecule has 0 amide bonds. The number of para-hydroxylation sites is 1. The van der Waals surface area contributed by atoms with Gasteiger partial charge >= 0.3 is 51.4 Å². The third kappa shape index (κ3) is 4.45. The number of aryl methyl sites for hydroxylation is 1. The van der Waals surface area contributed by atoms with E-state index in [1.54, 1.807) is 0 Å². The Morgan fingerprint density at radius 3 is 2.91 bits per heavy atom. The smallest absolute Gasteiger partial charge is 0.550 e. The molecular weight excluding hydrogens is 321 g/mol. The molecule has 1 aromatic heterocycles. The summed E-state index contributed by atoms with van der Waals surface area (Å²) >= 11 is 0. The van der Waals surface area contributed by atoms with Gasteiger partial charge in [-0.1, -0.05) is 25.1 Å². The van der Waals surface area contributed by atoms with Gasteiger partial charge in [-0.25, -0.2) is 0 Å². The third-order valence-electron chi connectivity index (χ3n) is 4.35. The number of β-amino-alcohol motifs (C(OH)–C–C–N with tert-alkyl or cyclic N) is 1. The summed E-state index contributed by atoms with van der Waals surface area (Å²) in [6.45, 7) is 3.69. The van der Waals surface area contributed by atoms with E-state index in [0.29, 0.717) is 19.6 Å². The predicted molar refractivity (Wildman–Crippen MR) is 80.0 cm³/mol. The number of likely N-dealkylation sites (tertiary alicyclic amines) is 1. The zero-order valence-corrected chi connectivity index (χ0v) is 16.7. The van der Waals surface area contributed by atoms with Gasteiger partial charge in [-0.3, -0.25) is 4.90 Å². The molecule has 0 saturated carbocycles. The van der Waals surface area contributed by atoms with Gasteiger partial charge < -0.3 is 19.4 Å². The first kappa shape index (κ1) is 19.1. The number of carboxylic acid groups (broad SMARTS) is 1. The van der Waals surface area contributed by atoms with Crippen LogP contribution in [0.1, 0.15) is 24.7 Å². The molecule has 0 bridgehead atoms. The maximum absolute atomic E-state index is 10.7. The van der Waals surface area contributed by atoms with Crippen molar-refractivity contribution >= 4 is 16.9 Å². The number of aliphatic hydroxyl groups is 1. The second kappa shape index (κ2) is 8.25. The summed E-state index contributed by atoms with van der Waals surface area (Å²) in [6.07, 6.45) is 0.200. The average molecular weight is 341 g/mol. The molecular formula is C17H20KNO4. The average Bonchev–Trinajstić information content (AvgIpc) is 3.01. The molecule has 3 rings (SSSR count). The van der Waals surface area contributed by atoms with E-state index in [-0.39, 0.29) is 63.7 Å². The Kier molecular flexibility index (Phi) is 6.85. The predicted octanol–water partition coefficient (Wildman–Crippen LogP) is -2.07. The number of aliphatic hydroxyl groups excluding tert-OH is 1. The topological polar surface area (TPSA) is 76.7 Å². The zero-order valence-electron chi connectivity index (χ0n) is 13.6. The molecule has 1 aliphatic rings. The van der Waals surface area contributed by atoms with Crippen molar-refractivity contribution in [3.05, 3.63) is 35.6 Å². The summed E-state index contributed by atoms with van der Waals surface area (Å²) in [4.78, 5) is 12.7. The fraction of sp³-hybridized carbons (Fsp3) is 0.471. The maximum atomic E-state index is 10.7. The first-order valence-electron chi connectivity index (χ1n) is 7.67. The van der Waals surface area contributed by atoms with Crippen LogP contribution in [0.5, 0.6) is 0 Å². The van der Waals surface area contributed by atoms with Gasteiger partial charge in [0.25, 0.3) is 0 Å². The van der Waals surface area contributed by atoms with Gasteiger partial charge in [0.15, 0.2) is 0 Å². The molecule has 1 fully saturated rings. The van der Waals surface area contributed by atoms with Crippen LogP contribution in [-0.4, -0.2) is 35.2 Å². The van der Waals surface area contributed by atoms with Crippen molar-refractivity contribution in [1.29, 1.82) is 0 Å². The number of benzene rings is 1. The van der Waals surface area contributed by atoms with Crippen LogP contribution in [0.3, 0.4) is 0 Å². The number of furan rings is 1. The Labute approximate surface area is 178 Å². The summed E-state index contributed by atoms with van der Waals surface area (Å²) in [7, 11) is 0. The van der Waals surface area contributed by atoms with Crippen molar-refractivity contribution in [3.8, 4) is 0 Å². The first-order valence-corrected chi connectivity index (χ1v) is 7.67. The van der Waals surface area contributed by atoms with Crippen LogP contribution in [0, 0.1) is 5.92 Å². The van der Waals surface area contributed by atoms with E-state index in [0.717, 1.165) is 23.2 Å². The Morgan fingerprint density at radius 1 is 1.43 bits per heavy atom. The summed E-state index contributed by atoms with van der Waals surface area (Å²) in [5.41, 5.74) is 2.10. The molecule has 1 saturated heterocycles. The normalized spacial score (nSPS) is 21.5. The van der Waals surface area contributed by atoms with E-state index in [9.17, 15) is 15.0 Å². The van der Waals surface area contributed by atoms with Crippen LogP contribution in [0.15, 0.2) is 28.7 Å². The number of fused-ring (bicyclic) bond motifs is 1. The molecule has 0 unspecified atom stereocenters. The van der Waals surface area contributed by atoms with Crippen LogP contribution in [0.25, 0.3) is 11.0 Å². The Morgan fingerprint density at radius 2 is 2.22 bits per heavy atom. The molecule has 0 radical (unpaired) electrons. The van der Waals surface area contributed by atoms with Gasteiger partial charge in [0, 0.05) is 30.4 Å². The maximum Gasteiger partial charge on any atom is 1.00 e. The van der Waals surface area contributed by atoms with Crippen molar-refractivity contribution in [2.24, 2.45) is 5.92 Å². The number of carbonyl (C=O) groups is 1. The van der Waals surface area contributed by atoms with Crippen LogP contribution in [0.4, 0.5) is 0 Å². The summed E-state index contributed by atoms with van der Waals surface area (Å²) in [5, 5.41) is 21.7. The van der Waals surface area contributed by atoms with E-state index >= 15 is 0 Å². The van der Waals surface area contributed by atoms with Crippen LogP contribution < -0.4 is 56.5 Å². The molecule has 23 heavy (non-hydrogen) atoms. The molecule has 2 heterocycles. The van der Waals surface area contributed by atoms with Crippen molar-refractivity contribution in [2.45, 2.75) is 32.4 Å². The van der Waals surface area contributed by atoms with Crippen LogP contribution >= 0.6 is 0 Å². The fourth-order valence-corrected chi connectivity index (χ4v) is 3.24. The van der Waals surface area contributed by atoms with E-state index < -0.39 is 12.1 Å². The van der Waals surface area contributed by atoms with E-state index in [2.05, 4.69) is 13.0 Å². The minimum Gasteiger partial charge on any atom is -0.550 e. The number of rotatable bonds is 5. The molecule has 1 aliphatic heterocycles. The van der Waals surface area contributed by atoms with Crippen molar-refractivity contribution < 1.29 is 70.8 Å². The number of aliphatic carboxylic acids is 1. The molecule has 1 N–H and O–H groups in total. The minimum atomic E-state index is -1.11. The van der Waals surface area contributed by atoms with Gasteiger partial charge in [0.05, 0.1) is 12.6 Å². The molecule has 0 aliphatic carbocycles. The number of carboxylic acids is 1. The van der Waals surface area contributed by atoms with Crippen molar-refractivity contribution in [3.63, 3.8) is 0 Å². The largest absolute Gasteiger partial charge is 1.00 e. The molecule has 5 nitrogen and oxygen atoms in total. The summed E-state index contributed by atoms with van der Waals surface area (Å²) < 4.78 is 5.95. The number of hydrogen-bond donors (Lipinski definition) is 1. The van der Waals surface area contributed by atoms with Crippen molar-refractivity contribution in [1.82, 2.24) is 4.90 Å². The zero-order chi connectivity index (χ0) is 15.7. The monoisotopic (exact) mass is 341 g/mol. The molecule has 0 spiro atoms. The van der Waals surface area contributed by atoms with Gasteiger partial charge in [-0.05, 0) is 24.5 Å². The molecule has 118 valence electrons. The molecule has 2 aromatic rings. The fourth-order valence-electron chi connectivity index (χ4n) is 3.24. The second-order valence-corrected chi connectivity index (χ2v) is 6.00. The number of hydrogen-bond acceptors (Lipinski definition) is 5. The Hall–Kier alpha value is -0.214. The van der Waals surface area contributed by atoms with Gasteiger partial charge in [-0.2, -0.15) is 0 Å². The van der Waals surface area contributed by atoms with E-state index in [1.807, 2.05) is 23.1 Å². The van der Waals surface area contributed by atoms with E-state index in [1.165, 1.54) is 5.56 Å². The number of nitrogens with zero attached hydrogens (tertiary/aromatic N) is 1. The number of carbonyl (C=O) groups excluding carboxylic acids is 1. The molecule has 2 atom stereocenters. The van der Waals surface area contributed by atoms with E-state index in [4.69, 9.17) is 4.42 Å². The summed E-state index contributed by atoms with van der Waals surface area (Å²) in [6, 6.07) is 8.13. The van der Waals surface area contributed by atoms with Gasteiger partial charge in [0.1, 0.15) is 11.3 Å². The first-order chi connectivity index (χ1) is 10.6. The molecule has 6 heteroatoms. The van der Waals surface area contributed by atoms with Gasteiger partial charge in [0.2, 0.25) is 0 Å². The van der Waals surface area contributed by atoms with Crippen LogP contribution in [0.2, 0.25) is 0 Å². The minimum absolute atomic E-state index is 0. The van der Waals surface area contributed by atoms with Crippen molar-refractivity contribution in [2.75, 3.05) is 13.1 Å². The second-order valence-electron chi connectivity index (χ2n) is 6.00. The Bertz CT molecular complexity index is 684. The molecule has 1 aromatic carbocycles. The van der Waals surface area contributed by atoms with Gasteiger partial charge in [-0.15, -0.1) is 0 Å². The van der Waals surface area contributed by atoms with Crippen LogP contribution in [-0.2, 0) is 17.8 Å². The SMILES string of the molecule is CCc1cccc2cc(CN3C[C@@H](CC(=O)[O-])[C@H](O)C3)oc12.[K+]. The standard InChI is InChI=1S/C17H21NO4.K/c1-2-11-4-3-5-12-6-14(22-17(11)12)9-18-8-13(7-16(20)21)15(19)10-18;/h3-6,13,15,19H,2,7-10H2,1H3,(H,20,21);/q;+1/p-1/t13-,15-;/m1./s1. The summed E-state index contributed by atoms with van der Waals surface area (Å²) in [5.74, 6) is -0.528.